The number of carbonyl (C=O) groups is 2. The first-order valence-electron chi connectivity index (χ1n) is 7.89. The van der Waals surface area contributed by atoms with Crippen LogP contribution in [0.15, 0.2) is 17.8 Å². The van der Waals surface area contributed by atoms with Gasteiger partial charge in [-0.25, -0.2) is 9.78 Å². The summed E-state index contributed by atoms with van der Waals surface area (Å²) in [4.78, 5) is 29.2. The number of hydrogen-bond acceptors (Lipinski definition) is 6. The normalized spacial score (nSPS) is 16.6. The Morgan fingerprint density at radius 3 is 2.71 bits per heavy atom. The molecule has 7 nitrogen and oxygen atoms in total. The quantitative estimate of drug-likeness (QED) is 0.856. The largest absolute Gasteiger partial charge is 0.467 e. The van der Waals surface area contributed by atoms with Crippen LogP contribution in [0.25, 0.3) is 10.6 Å². The number of nitrogens with zero attached hydrogens (tertiary/aromatic N) is 3. The predicted molar refractivity (Wildman–Crippen MR) is 89.6 cm³/mol. The molecule has 1 amide bonds. The molecule has 0 aliphatic heterocycles. The molecule has 1 aliphatic rings. The number of amides is 1. The van der Waals surface area contributed by atoms with Crippen LogP contribution in [0.1, 0.15) is 42.6 Å². The number of ether oxygens (including phenoxy) is 1. The third kappa shape index (κ3) is 3.19. The minimum absolute atomic E-state index is 0.313. The van der Waals surface area contributed by atoms with Crippen molar-refractivity contribution in [2.24, 2.45) is 7.05 Å². The van der Waals surface area contributed by atoms with Gasteiger partial charge in [-0.2, -0.15) is 5.10 Å². The molecule has 1 saturated carbocycles. The Morgan fingerprint density at radius 2 is 2.08 bits per heavy atom. The van der Waals surface area contributed by atoms with E-state index in [1.54, 1.807) is 16.3 Å². The van der Waals surface area contributed by atoms with Crippen LogP contribution in [-0.4, -0.2) is 39.3 Å². The topological polar surface area (TPSA) is 86.1 Å². The highest BCUT2D eigenvalue weighted by atomic mass is 32.1. The molecule has 3 rings (SSSR count). The van der Waals surface area contributed by atoms with Gasteiger partial charge in [0, 0.05) is 24.2 Å². The third-order valence-electron chi connectivity index (χ3n) is 4.32. The van der Waals surface area contributed by atoms with E-state index in [0.29, 0.717) is 18.5 Å². The Kier molecular flexibility index (Phi) is 4.66. The lowest BCUT2D eigenvalue weighted by Crippen LogP contribution is -2.56. The molecule has 0 spiro atoms. The molecular weight excluding hydrogens is 328 g/mol. The van der Waals surface area contributed by atoms with Crippen LogP contribution < -0.4 is 5.32 Å². The first-order chi connectivity index (χ1) is 11.5. The molecule has 1 N–H and O–H groups in total. The van der Waals surface area contributed by atoms with Gasteiger partial charge in [0.05, 0.1) is 13.3 Å². The van der Waals surface area contributed by atoms with Gasteiger partial charge in [0.25, 0.3) is 5.91 Å². The molecule has 0 unspecified atom stereocenters. The van der Waals surface area contributed by atoms with Crippen molar-refractivity contribution in [3.63, 3.8) is 0 Å². The maximum absolute atomic E-state index is 12.6. The predicted octanol–water partition coefficient (Wildman–Crippen LogP) is 2.15. The summed E-state index contributed by atoms with van der Waals surface area (Å²) in [6, 6.07) is 0. The van der Waals surface area contributed by atoms with E-state index >= 15 is 0 Å². The minimum atomic E-state index is -0.928. The Labute approximate surface area is 144 Å². The van der Waals surface area contributed by atoms with Gasteiger partial charge in [0.15, 0.2) is 0 Å². The SMILES string of the molecule is COC(=O)C1(NC(=O)c2csc(-c3cnn(C)c3)n2)CCCCC1. The summed E-state index contributed by atoms with van der Waals surface area (Å²) in [7, 11) is 3.18. The standard InChI is InChI=1S/C16H20N4O3S/c1-20-9-11(8-17-20)14-18-12(10-24-14)13(21)19-16(15(22)23-2)6-4-3-5-7-16/h8-10H,3-7H2,1-2H3,(H,19,21). The monoisotopic (exact) mass is 348 g/mol. The zero-order chi connectivity index (χ0) is 17.2. The molecule has 0 atom stereocenters. The van der Waals surface area contributed by atoms with Crippen LogP contribution >= 0.6 is 11.3 Å². The molecule has 0 aromatic carbocycles. The highest BCUT2D eigenvalue weighted by Crippen LogP contribution is 2.30. The zero-order valence-electron chi connectivity index (χ0n) is 13.7. The number of esters is 1. The van der Waals surface area contributed by atoms with E-state index < -0.39 is 5.54 Å². The summed E-state index contributed by atoms with van der Waals surface area (Å²) in [6.07, 6.45) is 7.61. The lowest BCUT2D eigenvalue weighted by molar-refractivity contribution is -0.149. The molecule has 128 valence electrons. The van der Waals surface area contributed by atoms with Gasteiger partial charge in [-0.1, -0.05) is 19.3 Å². The van der Waals surface area contributed by atoms with Crippen LogP contribution in [0, 0.1) is 0 Å². The summed E-state index contributed by atoms with van der Waals surface area (Å²) >= 11 is 1.38. The van der Waals surface area contributed by atoms with Gasteiger partial charge >= 0.3 is 5.97 Å². The number of rotatable bonds is 4. The fourth-order valence-electron chi connectivity index (χ4n) is 3.05. The average molecular weight is 348 g/mol. The van der Waals surface area contributed by atoms with Gasteiger partial charge in [-0.05, 0) is 12.8 Å². The van der Waals surface area contributed by atoms with Crippen molar-refractivity contribution >= 4 is 23.2 Å². The third-order valence-corrected chi connectivity index (χ3v) is 5.22. The van der Waals surface area contributed by atoms with Crippen LogP contribution in [-0.2, 0) is 16.6 Å². The Morgan fingerprint density at radius 1 is 1.33 bits per heavy atom. The number of hydrogen-bond donors (Lipinski definition) is 1. The van der Waals surface area contributed by atoms with Gasteiger partial charge < -0.3 is 10.1 Å². The number of carbonyl (C=O) groups excluding carboxylic acids is 2. The fourth-order valence-corrected chi connectivity index (χ4v) is 3.83. The van der Waals surface area contributed by atoms with Crippen molar-refractivity contribution in [3.05, 3.63) is 23.5 Å². The Hall–Kier alpha value is -2.22. The van der Waals surface area contributed by atoms with Crippen LogP contribution in [0.4, 0.5) is 0 Å². The molecule has 1 fully saturated rings. The first-order valence-corrected chi connectivity index (χ1v) is 8.77. The second-order valence-electron chi connectivity index (χ2n) is 6.03. The summed E-state index contributed by atoms with van der Waals surface area (Å²) in [5.74, 6) is -0.716. The lowest BCUT2D eigenvalue weighted by Gasteiger charge is -2.34. The minimum Gasteiger partial charge on any atom is -0.467 e. The van der Waals surface area contributed by atoms with E-state index in [1.807, 2.05) is 13.2 Å². The van der Waals surface area contributed by atoms with E-state index in [9.17, 15) is 9.59 Å². The first kappa shape index (κ1) is 16.6. The summed E-state index contributed by atoms with van der Waals surface area (Å²) in [6.45, 7) is 0. The van der Waals surface area contributed by atoms with Crippen LogP contribution in [0.3, 0.4) is 0 Å². The second kappa shape index (κ2) is 6.72. The number of thiazole rings is 1. The molecule has 0 bridgehead atoms. The highest BCUT2D eigenvalue weighted by molar-refractivity contribution is 7.13. The summed E-state index contributed by atoms with van der Waals surface area (Å²) in [5.41, 5.74) is 0.247. The van der Waals surface area contributed by atoms with E-state index in [-0.39, 0.29) is 11.9 Å². The van der Waals surface area contributed by atoms with Crippen molar-refractivity contribution < 1.29 is 14.3 Å². The smallest absolute Gasteiger partial charge is 0.331 e. The maximum atomic E-state index is 12.6. The number of nitrogens with one attached hydrogen (secondary N) is 1. The molecule has 0 saturated heterocycles. The highest BCUT2D eigenvalue weighted by Gasteiger charge is 2.42. The number of aromatic nitrogens is 3. The van der Waals surface area contributed by atoms with Crippen molar-refractivity contribution in [3.8, 4) is 10.6 Å². The van der Waals surface area contributed by atoms with Crippen molar-refractivity contribution in [1.29, 1.82) is 0 Å². The summed E-state index contributed by atoms with van der Waals surface area (Å²) < 4.78 is 6.61. The average Bonchev–Trinajstić information content (AvgIpc) is 3.23. The Bertz CT molecular complexity index is 746. The van der Waals surface area contributed by atoms with Gasteiger partial charge in [-0.15, -0.1) is 11.3 Å². The molecule has 2 aromatic rings. The fraction of sp³-hybridized carbons (Fsp3) is 0.500. The molecule has 24 heavy (non-hydrogen) atoms. The molecule has 1 aliphatic carbocycles. The number of aryl methyl sites for hydroxylation is 1. The van der Waals surface area contributed by atoms with Crippen molar-refractivity contribution in [2.45, 2.75) is 37.6 Å². The van der Waals surface area contributed by atoms with Gasteiger partial charge in [0.2, 0.25) is 0 Å². The van der Waals surface area contributed by atoms with E-state index in [1.165, 1.54) is 18.4 Å². The van der Waals surface area contributed by atoms with E-state index in [0.717, 1.165) is 29.8 Å². The van der Waals surface area contributed by atoms with Gasteiger partial charge in [0.1, 0.15) is 16.2 Å². The van der Waals surface area contributed by atoms with E-state index in [4.69, 9.17) is 4.74 Å². The molecule has 2 heterocycles. The number of methoxy groups -OCH3 is 1. The molecule has 2 aromatic heterocycles. The molecular formula is C16H20N4O3S. The van der Waals surface area contributed by atoms with Gasteiger partial charge in [-0.3, -0.25) is 9.48 Å². The van der Waals surface area contributed by atoms with Crippen molar-refractivity contribution in [2.75, 3.05) is 7.11 Å². The Balaban J connectivity index is 1.78. The van der Waals surface area contributed by atoms with Crippen LogP contribution in [0.5, 0.6) is 0 Å². The molecule has 0 radical (unpaired) electrons. The van der Waals surface area contributed by atoms with E-state index in [2.05, 4.69) is 15.4 Å². The molecule has 8 heteroatoms. The lowest BCUT2D eigenvalue weighted by atomic mass is 9.81. The zero-order valence-corrected chi connectivity index (χ0v) is 14.6. The summed E-state index contributed by atoms with van der Waals surface area (Å²) in [5, 5.41) is 9.41. The maximum Gasteiger partial charge on any atom is 0.331 e. The van der Waals surface area contributed by atoms with Crippen LogP contribution in [0.2, 0.25) is 0 Å². The second-order valence-corrected chi connectivity index (χ2v) is 6.89. The van der Waals surface area contributed by atoms with Crippen molar-refractivity contribution in [1.82, 2.24) is 20.1 Å².